The Labute approximate surface area is 112 Å². The number of piperazine rings is 1. The van der Waals surface area contributed by atoms with Crippen LogP contribution in [-0.2, 0) is 6.54 Å². The summed E-state index contributed by atoms with van der Waals surface area (Å²) < 4.78 is 13.8. The number of halogens is 1. The van der Waals surface area contributed by atoms with Crippen molar-refractivity contribution in [2.45, 2.75) is 6.54 Å². The topological polar surface area (TPSA) is 61.6 Å². The van der Waals surface area contributed by atoms with Crippen LogP contribution in [0, 0.1) is 5.82 Å². The Kier molecular flexibility index (Phi) is 4.47. The number of hydrazine groups is 1. The van der Waals surface area contributed by atoms with Crippen molar-refractivity contribution < 1.29 is 9.18 Å². The van der Waals surface area contributed by atoms with E-state index in [1.54, 1.807) is 12.1 Å². The van der Waals surface area contributed by atoms with E-state index in [2.05, 4.69) is 22.4 Å². The minimum Gasteiger partial charge on any atom is -0.366 e. The van der Waals surface area contributed by atoms with Gasteiger partial charge >= 0.3 is 0 Å². The third kappa shape index (κ3) is 3.73. The van der Waals surface area contributed by atoms with E-state index in [0.717, 1.165) is 26.2 Å². The Balaban J connectivity index is 1.91. The van der Waals surface area contributed by atoms with Gasteiger partial charge in [0.1, 0.15) is 5.82 Å². The highest BCUT2D eigenvalue weighted by atomic mass is 19.1. The summed E-state index contributed by atoms with van der Waals surface area (Å²) in [6.45, 7) is 4.23. The normalized spacial score (nSPS) is 17.6. The fourth-order valence-electron chi connectivity index (χ4n) is 2.01. The maximum atomic E-state index is 13.8. The summed E-state index contributed by atoms with van der Waals surface area (Å²) in [5, 5.41) is 2.08. The van der Waals surface area contributed by atoms with Gasteiger partial charge in [-0.05, 0) is 19.2 Å². The smallest absolute Gasteiger partial charge is 0.248 e. The first-order valence-corrected chi connectivity index (χ1v) is 6.31. The molecule has 0 unspecified atom stereocenters. The maximum Gasteiger partial charge on any atom is 0.248 e. The summed E-state index contributed by atoms with van der Waals surface area (Å²) in [6, 6.07) is 4.33. The standard InChI is InChI=1S/C13H19FN4O/c1-17-4-6-18(7-5-17)16-9-11-3-2-10(13(15)19)8-12(11)14/h2-3,8,16H,4-7,9H2,1H3,(H2,15,19). The van der Waals surface area contributed by atoms with Crippen LogP contribution < -0.4 is 11.2 Å². The fourth-order valence-corrected chi connectivity index (χ4v) is 2.01. The van der Waals surface area contributed by atoms with E-state index >= 15 is 0 Å². The third-order valence-electron chi connectivity index (χ3n) is 3.33. The highest BCUT2D eigenvalue weighted by Gasteiger charge is 2.14. The number of nitrogens with one attached hydrogen (secondary N) is 1. The lowest BCUT2D eigenvalue weighted by molar-refractivity contribution is 0.0998. The first kappa shape index (κ1) is 13.9. The predicted octanol–water partition coefficient (Wildman–Crippen LogP) is 0.177. The van der Waals surface area contributed by atoms with Gasteiger partial charge < -0.3 is 10.6 Å². The summed E-state index contributed by atoms with van der Waals surface area (Å²) >= 11 is 0. The molecule has 0 atom stereocenters. The number of primary amides is 1. The molecule has 0 aromatic heterocycles. The van der Waals surface area contributed by atoms with E-state index in [0.29, 0.717) is 12.1 Å². The van der Waals surface area contributed by atoms with Crippen molar-refractivity contribution in [3.05, 3.63) is 35.1 Å². The van der Waals surface area contributed by atoms with E-state index < -0.39 is 11.7 Å². The number of hydrogen-bond acceptors (Lipinski definition) is 4. The number of rotatable bonds is 4. The molecule has 1 aromatic rings. The van der Waals surface area contributed by atoms with Crippen LogP contribution in [0.5, 0.6) is 0 Å². The molecule has 1 amide bonds. The second-order valence-corrected chi connectivity index (χ2v) is 4.80. The minimum atomic E-state index is -0.613. The van der Waals surface area contributed by atoms with Crippen LogP contribution in [-0.4, -0.2) is 49.0 Å². The molecule has 1 fully saturated rings. The number of benzene rings is 1. The Morgan fingerprint density at radius 1 is 1.37 bits per heavy atom. The largest absolute Gasteiger partial charge is 0.366 e. The molecule has 1 aromatic carbocycles. The van der Waals surface area contributed by atoms with Crippen molar-refractivity contribution in [3.8, 4) is 0 Å². The van der Waals surface area contributed by atoms with Gasteiger partial charge in [-0.3, -0.25) is 10.2 Å². The maximum absolute atomic E-state index is 13.8. The molecule has 1 aliphatic heterocycles. The quantitative estimate of drug-likeness (QED) is 0.816. The van der Waals surface area contributed by atoms with E-state index in [9.17, 15) is 9.18 Å². The lowest BCUT2D eigenvalue weighted by Gasteiger charge is -2.32. The lowest BCUT2D eigenvalue weighted by Crippen LogP contribution is -2.50. The number of carbonyl (C=O) groups is 1. The van der Waals surface area contributed by atoms with Gasteiger partial charge in [-0.25, -0.2) is 9.40 Å². The molecule has 6 heteroatoms. The Hall–Kier alpha value is -1.50. The van der Waals surface area contributed by atoms with Gasteiger partial charge in [0, 0.05) is 43.9 Å². The number of carbonyl (C=O) groups excluding carboxylic acids is 1. The van der Waals surface area contributed by atoms with Gasteiger partial charge in [-0.15, -0.1) is 0 Å². The number of nitrogens with zero attached hydrogens (tertiary/aromatic N) is 2. The van der Waals surface area contributed by atoms with Crippen LogP contribution >= 0.6 is 0 Å². The van der Waals surface area contributed by atoms with E-state index in [1.807, 2.05) is 0 Å². The molecule has 0 spiro atoms. The number of hydrogen-bond donors (Lipinski definition) is 2. The zero-order valence-electron chi connectivity index (χ0n) is 11.0. The second-order valence-electron chi connectivity index (χ2n) is 4.80. The van der Waals surface area contributed by atoms with Crippen molar-refractivity contribution in [1.82, 2.24) is 15.3 Å². The summed E-state index contributed by atoms with van der Waals surface area (Å²) in [4.78, 5) is 13.2. The summed E-state index contributed by atoms with van der Waals surface area (Å²) in [7, 11) is 2.08. The molecule has 5 nitrogen and oxygen atoms in total. The van der Waals surface area contributed by atoms with Crippen molar-refractivity contribution in [2.24, 2.45) is 5.73 Å². The molecular weight excluding hydrogens is 247 g/mol. The molecule has 1 saturated heterocycles. The third-order valence-corrected chi connectivity index (χ3v) is 3.33. The van der Waals surface area contributed by atoms with Crippen LogP contribution in [0.1, 0.15) is 15.9 Å². The van der Waals surface area contributed by atoms with Crippen LogP contribution in [0.25, 0.3) is 0 Å². The van der Waals surface area contributed by atoms with E-state index in [4.69, 9.17) is 5.73 Å². The van der Waals surface area contributed by atoms with E-state index in [1.165, 1.54) is 6.07 Å². The lowest BCUT2D eigenvalue weighted by atomic mass is 10.1. The summed E-state index contributed by atoms with van der Waals surface area (Å²) in [5.74, 6) is -1.02. The molecule has 0 aliphatic carbocycles. The first-order chi connectivity index (χ1) is 9.06. The average Bonchev–Trinajstić information content (AvgIpc) is 2.39. The summed E-state index contributed by atoms with van der Waals surface area (Å²) in [6.07, 6.45) is 0. The molecule has 0 saturated carbocycles. The van der Waals surface area contributed by atoms with Crippen molar-refractivity contribution in [1.29, 1.82) is 0 Å². The number of amides is 1. The SMILES string of the molecule is CN1CCN(NCc2ccc(C(N)=O)cc2F)CC1. The molecule has 19 heavy (non-hydrogen) atoms. The van der Waals surface area contributed by atoms with Crippen LogP contribution in [0.3, 0.4) is 0 Å². The van der Waals surface area contributed by atoms with Crippen molar-refractivity contribution >= 4 is 5.91 Å². The molecule has 104 valence electrons. The van der Waals surface area contributed by atoms with Gasteiger partial charge in [0.25, 0.3) is 0 Å². The molecule has 3 N–H and O–H groups in total. The average molecular weight is 266 g/mol. The van der Waals surface area contributed by atoms with Crippen LogP contribution in [0.15, 0.2) is 18.2 Å². The van der Waals surface area contributed by atoms with Gasteiger partial charge in [-0.1, -0.05) is 6.07 Å². The van der Waals surface area contributed by atoms with Crippen molar-refractivity contribution in [2.75, 3.05) is 33.2 Å². The highest BCUT2D eigenvalue weighted by Crippen LogP contribution is 2.10. The Bertz CT molecular complexity index is 458. The number of nitrogens with two attached hydrogens (primary N) is 1. The second kappa shape index (κ2) is 6.10. The zero-order valence-corrected chi connectivity index (χ0v) is 11.0. The fraction of sp³-hybridized carbons (Fsp3) is 0.462. The molecule has 1 aliphatic rings. The summed E-state index contributed by atoms with van der Waals surface area (Å²) in [5.41, 5.74) is 9.03. The number of likely N-dealkylation sites (N-methyl/N-ethyl adjacent to an activating group) is 1. The monoisotopic (exact) mass is 266 g/mol. The predicted molar refractivity (Wildman–Crippen MR) is 70.8 cm³/mol. The molecule has 0 bridgehead atoms. The van der Waals surface area contributed by atoms with Gasteiger partial charge in [0.2, 0.25) is 5.91 Å². The Morgan fingerprint density at radius 2 is 2.05 bits per heavy atom. The molecule has 2 rings (SSSR count). The molecule has 1 heterocycles. The van der Waals surface area contributed by atoms with Crippen molar-refractivity contribution in [3.63, 3.8) is 0 Å². The molecular formula is C13H19FN4O. The van der Waals surface area contributed by atoms with E-state index in [-0.39, 0.29) is 5.56 Å². The molecule has 0 radical (unpaired) electrons. The van der Waals surface area contributed by atoms with Crippen LogP contribution in [0.2, 0.25) is 0 Å². The zero-order chi connectivity index (χ0) is 13.8. The Morgan fingerprint density at radius 3 is 2.63 bits per heavy atom. The van der Waals surface area contributed by atoms with Crippen LogP contribution in [0.4, 0.5) is 4.39 Å². The van der Waals surface area contributed by atoms with Gasteiger partial charge in [0.05, 0.1) is 0 Å². The first-order valence-electron chi connectivity index (χ1n) is 6.31. The van der Waals surface area contributed by atoms with Gasteiger partial charge in [-0.2, -0.15) is 0 Å². The highest BCUT2D eigenvalue weighted by molar-refractivity contribution is 5.92. The minimum absolute atomic E-state index is 0.195. The van der Waals surface area contributed by atoms with Gasteiger partial charge in [0.15, 0.2) is 0 Å².